The van der Waals surface area contributed by atoms with Gasteiger partial charge in [-0.15, -0.1) is 0 Å². The van der Waals surface area contributed by atoms with E-state index in [0.717, 1.165) is 13.1 Å². The van der Waals surface area contributed by atoms with Crippen molar-refractivity contribution in [2.24, 2.45) is 0 Å². The number of sulfonamides is 1. The minimum atomic E-state index is -3.23. The molecule has 0 aliphatic heterocycles. The molecule has 0 aliphatic rings. The van der Waals surface area contributed by atoms with Crippen LogP contribution in [-0.2, 0) is 19.5 Å². The topological polar surface area (TPSA) is 67.9 Å². The summed E-state index contributed by atoms with van der Waals surface area (Å²) in [4.78, 5) is 0. The van der Waals surface area contributed by atoms with Crippen molar-refractivity contribution in [1.29, 1.82) is 0 Å². The molecule has 1 N–H and O–H groups in total. The Hall–Kier alpha value is -0.210. The predicted octanol–water partition coefficient (Wildman–Crippen LogP) is 0.691. The standard InChI is InChI=1S/C13H30N2O4S/c1-4-14-8-7-13-20(16,17)15(9-11-18-5-2)10-12-19-6-3/h14H,4-13H2,1-3H3. The summed E-state index contributed by atoms with van der Waals surface area (Å²) in [5.74, 6) is 0.165. The number of hydrogen-bond acceptors (Lipinski definition) is 5. The third-order valence-electron chi connectivity index (χ3n) is 2.78. The lowest BCUT2D eigenvalue weighted by Crippen LogP contribution is -2.38. The highest BCUT2D eigenvalue weighted by atomic mass is 32.2. The van der Waals surface area contributed by atoms with Gasteiger partial charge >= 0.3 is 0 Å². The first-order valence-corrected chi connectivity index (χ1v) is 9.03. The quantitative estimate of drug-likeness (QED) is 0.478. The van der Waals surface area contributed by atoms with Gasteiger partial charge in [0.25, 0.3) is 0 Å². The van der Waals surface area contributed by atoms with Crippen LogP contribution in [0.2, 0.25) is 0 Å². The Kier molecular flexibility index (Phi) is 12.4. The van der Waals surface area contributed by atoms with Gasteiger partial charge in [-0.25, -0.2) is 8.42 Å². The van der Waals surface area contributed by atoms with Gasteiger partial charge in [-0.1, -0.05) is 6.92 Å². The summed E-state index contributed by atoms with van der Waals surface area (Å²) in [7, 11) is -3.23. The van der Waals surface area contributed by atoms with Crippen molar-refractivity contribution in [3.8, 4) is 0 Å². The van der Waals surface area contributed by atoms with E-state index in [4.69, 9.17) is 9.47 Å². The van der Waals surface area contributed by atoms with Crippen LogP contribution in [0.15, 0.2) is 0 Å². The highest BCUT2D eigenvalue weighted by Crippen LogP contribution is 2.03. The lowest BCUT2D eigenvalue weighted by Gasteiger charge is -2.22. The second-order valence-electron chi connectivity index (χ2n) is 4.32. The van der Waals surface area contributed by atoms with Crippen molar-refractivity contribution >= 4 is 10.0 Å². The fraction of sp³-hybridized carbons (Fsp3) is 1.00. The largest absolute Gasteiger partial charge is 0.380 e. The fourth-order valence-electron chi connectivity index (χ4n) is 1.70. The van der Waals surface area contributed by atoms with Crippen LogP contribution in [-0.4, -0.2) is 71.1 Å². The van der Waals surface area contributed by atoms with Gasteiger partial charge in [-0.2, -0.15) is 4.31 Å². The van der Waals surface area contributed by atoms with Crippen LogP contribution in [0.3, 0.4) is 0 Å². The second-order valence-corrected chi connectivity index (χ2v) is 6.40. The van der Waals surface area contributed by atoms with Gasteiger partial charge in [-0.3, -0.25) is 0 Å². The van der Waals surface area contributed by atoms with Gasteiger partial charge in [0, 0.05) is 26.3 Å². The molecule has 122 valence electrons. The molecule has 20 heavy (non-hydrogen) atoms. The van der Waals surface area contributed by atoms with Crippen molar-refractivity contribution in [3.63, 3.8) is 0 Å². The maximum Gasteiger partial charge on any atom is 0.214 e. The van der Waals surface area contributed by atoms with Crippen LogP contribution in [0.4, 0.5) is 0 Å². The third-order valence-corrected chi connectivity index (χ3v) is 4.73. The zero-order chi connectivity index (χ0) is 15.3. The van der Waals surface area contributed by atoms with Gasteiger partial charge in [0.2, 0.25) is 10.0 Å². The number of nitrogens with zero attached hydrogens (tertiary/aromatic N) is 1. The summed E-state index contributed by atoms with van der Waals surface area (Å²) in [5, 5.41) is 3.13. The molecule has 0 bridgehead atoms. The molecular formula is C13H30N2O4S. The lowest BCUT2D eigenvalue weighted by atomic mass is 10.5. The van der Waals surface area contributed by atoms with Crippen LogP contribution in [0.1, 0.15) is 27.2 Å². The molecule has 0 fully saturated rings. The minimum Gasteiger partial charge on any atom is -0.380 e. The van der Waals surface area contributed by atoms with E-state index >= 15 is 0 Å². The molecule has 6 nitrogen and oxygen atoms in total. The molecule has 0 aromatic rings. The van der Waals surface area contributed by atoms with Crippen LogP contribution in [0.5, 0.6) is 0 Å². The van der Waals surface area contributed by atoms with E-state index in [1.54, 1.807) is 0 Å². The van der Waals surface area contributed by atoms with Gasteiger partial charge in [0.15, 0.2) is 0 Å². The van der Waals surface area contributed by atoms with E-state index in [2.05, 4.69) is 5.32 Å². The first-order valence-electron chi connectivity index (χ1n) is 7.42. The van der Waals surface area contributed by atoms with Crippen molar-refractivity contribution in [2.45, 2.75) is 27.2 Å². The third kappa shape index (κ3) is 9.66. The molecule has 0 radical (unpaired) electrons. The summed E-state index contributed by atoms with van der Waals surface area (Å²) >= 11 is 0. The zero-order valence-corrected chi connectivity index (χ0v) is 13.9. The highest BCUT2D eigenvalue weighted by molar-refractivity contribution is 7.89. The van der Waals surface area contributed by atoms with Crippen LogP contribution < -0.4 is 5.32 Å². The number of nitrogens with one attached hydrogen (secondary N) is 1. The van der Waals surface area contributed by atoms with E-state index in [9.17, 15) is 8.42 Å². The SMILES string of the molecule is CCNCCCS(=O)(=O)N(CCOCC)CCOCC. The van der Waals surface area contributed by atoms with Crippen molar-refractivity contribution < 1.29 is 17.9 Å². The number of hydrogen-bond donors (Lipinski definition) is 1. The van der Waals surface area contributed by atoms with E-state index in [-0.39, 0.29) is 5.75 Å². The molecule has 0 saturated heterocycles. The van der Waals surface area contributed by atoms with Gasteiger partial charge in [0.1, 0.15) is 0 Å². The Bertz CT molecular complexity index is 299. The molecule has 0 unspecified atom stereocenters. The summed E-state index contributed by atoms with van der Waals surface area (Å²) in [6.45, 7) is 10.2. The molecule has 0 saturated carbocycles. The zero-order valence-electron chi connectivity index (χ0n) is 13.1. The van der Waals surface area contributed by atoms with Crippen molar-refractivity contribution in [1.82, 2.24) is 9.62 Å². The van der Waals surface area contributed by atoms with E-state index in [0.29, 0.717) is 45.9 Å². The molecular weight excluding hydrogens is 280 g/mol. The number of rotatable bonds is 14. The Morgan fingerprint density at radius 1 is 1.00 bits per heavy atom. The lowest BCUT2D eigenvalue weighted by molar-refractivity contribution is 0.110. The molecule has 0 aromatic carbocycles. The maximum atomic E-state index is 12.3. The minimum absolute atomic E-state index is 0.165. The van der Waals surface area contributed by atoms with E-state index in [1.807, 2.05) is 20.8 Å². The number of ether oxygens (including phenoxy) is 2. The first-order chi connectivity index (χ1) is 9.58. The summed E-state index contributed by atoms with van der Waals surface area (Å²) in [6, 6.07) is 0. The van der Waals surface area contributed by atoms with Crippen LogP contribution >= 0.6 is 0 Å². The normalized spacial score (nSPS) is 12.2. The van der Waals surface area contributed by atoms with E-state index < -0.39 is 10.0 Å². The molecule has 0 aliphatic carbocycles. The molecule has 0 aromatic heterocycles. The summed E-state index contributed by atoms with van der Waals surface area (Å²) in [6.07, 6.45) is 0.621. The fourth-order valence-corrected chi connectivity index (χ4v) is 3.17. The average Bonchev–Trinajstić information content (AvgIpc) is 2.42. The molecule has 0 heterocycles. The van der Waals surface area contributed by atoms with Gasteiger partial charge in [-0.05, 0) is 33.4 Å². The monoisotopic (exact) mass is 310 g/mol. The molecule has 0 spiro atoms. The highest BCUT2D eigenvalue weighted by Gasteiger charge is 2.20. The van der Waals surface area contributed by atoms with Gasteiger partial charge < -0.3 is 14.8 Å². The van der Waals surface area contributed by atoms with Gasteiger partial charge in [0.05, 0.1) is 19.0 Å². The summed E-state index contributed by atoms with van der Waals surface area (Å²) < 4.78 is 36.5. The maximum absolute atomic E-state index is 12.3. The Balaban J connectivity index is 4.30. The van der Waals surface area contributed by atoms with Crippen molar-refractivity contribution in [2.75, 3.05) is 58.4 Å². The molecule has 0 amide bonds. The smallest absolute Gasteiger partial charge is 0.214 e. The second kappa shape index (κ2) is 12.5. The molecule has 0 rings (SSSR count). The predicted molar refractivity (Wildman–Crippen MR) is 81.5 cm³/mol. The Morgan fingerprint density at radius 2 is 1.55 bits per heavy atom. The van der Waals surface area contributed by atoms with E-state index in [1.165, 1.54) is 4.31 Å². The Morgan fingerprint density at radius 3 is 2.00 bits per heavy atom. The van der Waals surface area contributed by atoms with Crippen LogP contribution in [0, 0.1) is 0 Å². The van der Waals surface area contributed by atoms with Crippen LogP contribution in [0.25, 0.3) is 0 Å². The first kappa shape index (κ1) is 19.8. The summed E-state index contributed by atoms with van der Waals surface area (Å²) in [5.41, 5.74) is 0. The molecule has 7 heteroatoms. The van der Waals surface area contributed by atoms with Crippen molar-refractivity contribution in [3.05, 3.63) is 0 Å². The average molecular weight is 310 g/mol. The molecule has 0 atom stereocenters. The Labute approximate surface area is 123 Å².